The first-order valence-electron chi connectivity index (χ1n) is 11.2. The monoisotopic (exact) mass is 353 g/mol. The van der Waals surface area contributed by atoms with Crippen molar-refractivity contribution >= 4 is 5.78 Å². The summed E-state index contributed by atoms with van der Waals surface area (Å²) in [5.41, 5.74) is 4.47. The van der Waals surface area contributed by atoms with Crippen LogP contribution in [0, 0.1) is 5.92 Å². The molecule has 2 fully saturated rings. The number of fused-ring (bicyclic) bond motifs is 5. The van der Waals surface area contributed by atoms with Gasteiger partial charge < -0.3 is 0 Å². The van der Waals surface area contributed by atoms with Crippen molar-refractivity contribution in [2.24, 2.45) is 5.92 Å². The van der Waals surface area contributed by atoms with Crippen LogP contribution in [0.3, 0.4) is 0 Å². The van der Waals surface area contributed by atoms with Crippen LogP contribution in [0.15, 0.2) is 18.2 Å². The number of nitrogens with zero attached hydrogens (tertiary/aromatic N) is 1. The van der Waals surface area contributed by atoms with Crippen LogP contribution in [-0.2, 0) is 17.6 Å². The number of Topliss-reactive ketones (excluding diaryl/α,β-unsaturated/α-hetero) is 1. The molecule has 1 saturated carbocycles. The molecule has 142 valence electrons. The van der Waals surface area contributed by atoms with Crippen LogP contribution in [0.1, 0.15) is 93.9 Å². The Balaban J connectivity index is 1.54. The van der Waals surface area contributed by atoms with Gasteiger partial charge in [-0.15, -0.1) is 0 Å². The molecule has 3 atom stereocenters. The standard InChI is InChI=1S/C24H35NO/c1-2-3-4-6-9-18-12-13-19-14-15-25-22-11-8-5-7-10-20(22)24(26)17-23(25)21(19)16-18/h12-13,16,20,22-23H,2-11,14-15,17H2,1H3. The molecule has 2 nitrogen and oxygen atoms in total. The molecule has 1 aromatic rings. The zero-order valence-corrected chi connectivity index (χ0v) is 16.5. The van der Waals surface area contributed by atoms with Crippen molar-refractivity contribution in [1.29, 1.82) is 0 Å². The van der Waals surface area contributed by atoms with E-state index in [1.165, 1.54) is 80.9 Å². The maximum atomic E-state index is 12.9. The molecule has 0 radical (unpaired) electrons. The van der Waals surface area contributed by atoms with Gasteiger partial charge >= 0.3 is 0 Å². The number of piperidine rings is 1. The number of hydrogen-bond acceptors (Lipinski definition) is 2. The second-order valence-corrected chi connectivity index (χ2v) is 8.83. The molecule has 0 N–H and O–H groups in total. The topological polar surface area (TPSA) is 20.3 Å². The minimum Gasteiger partial charge on any atom is -0.299 e. The van der Waals surface area contributed by atoms with Crippen molar-refractivity contribution in [3.63, 3.8) is 0 Å². The van der Waals surface area contributed by atoms with Gasteiger partial charge in [0.05, 0.1) is 0 Å². The predicted octanol–water partition coefficient (Wildman–Crippen LogP) is 5.63. The van der Waals surface area contributed by atoms with Crippen molar-refractivity contribution in [2.75, 3.05) is 6.54 Å². The summed E-state index contributed by atoms with van der Waals surface area (Å²) < 4.78 is 0. The summed E-state index contributed by atoms with van der Waals surface area (Å²) in [5, 5.41) is 0. The summed E-state index contributed by atoms with van der Waals surface area (Å²) in [6.07, 6.45) is 14.6. The Kier molecular flexibility index (Phi) is 5.78. The number of ketones is 1. The normalized spacial score (nSPS) is 28.8. The maximum absolute atomic E-state index is 12.9. The highest BCUT2D eigenvalue weighted by molar-refractivity contribution is 5.83. The first-order valence-corrected chi connectivity index (χ1v) is 11.2. The molecule has 2 heteroatoms. The Morgan fingerprint density at radius 1 is 1.08 bits per heavy atom. The molecule has 0 aromatic heterocycles. The number of unbranched alkanes of at least 4 members (excludes halogenated alkanes) is 3. The average Bonchev–Trinajstić information content (AvgIpc) is 2.92. The van der Waals surface area contributed by atoms with Crippen LogP contribution in [0.2, 0.25) is 0 Å². The smallest absolute Gasteiger partial charge is 0.139 e. The number of rotatable bonds is 5. The van der Waals surface area contributed by atoms with E-state index < -0.39 is 0 Å². The highest BCUT2D eigenvalue weighted by atomic mass is 16.1. The van der Waals surface area contributed by atoms with Crippen LogP contribution in [0.25, 0.3) is 0 Å². The van der Waals surface area contributed by atoms with Gasteiger partial charge in [-0.1, -0.05) is 63.6 Å². The summed E-state index contributed by atoms with van der Waals surface area (Å²) in [7, 11) is 0. The van der Waals surface area contributed by atoms with E-state index in [2.05, 4.69) is 30.0 Å². The highest BCUT2D eigenvalue weighted by Gasteiger charge is 2.44. The lowest BCUT2D eigenvalue weighted by atomic mass is 9.76. The highest BCUT2D eigenvalue weighted by Crippen LogP contribution is 2.44. The molecular weight excluding hydrogens is 318 g/mol. The number of aryl methyl sites for hydroxylation is 1. The van der Waals surface area contributed by atoms with E-state index in [1.54, 1.807) is 0 Å². The molecule has 0 bridgehead atoms. The van der Waals surface area contributed by atoms with Crippen molar-refractivity contribution in [3.05, 3.63) is 34.9 Å². The second-order valence-electron chi connectivity index (χ2n) is 8.83. The van der Waals surface area contributed by atoms with E-state index >= 15 is 0 Å². The Bertz CT molecular complexity index is 637. The van der Waals surface area contributed by atoms with E-state index in [0.29, 0.717) is 23.8 Å². The van der Waals surface area contributed by atoms with Gasteiger partial charge in [0, 0.05) is 31.0 Å². The molecule has 0 spiro atoms. The summed E-state index contributed by atoms with van der Waals surface area (Å²) in [5.74, 6) is 0.881. The first kappa shape index (κ1) is 18.2. The summed E-state index contributed by atoms with van der Waals surface area (Å²) in [6, 6.07) is 8.05. The Morgan fingerprint density at radius 2 is 1.96 bits per heavy atom. The quantitative estimate of drug-likeness (QED) is 0.639. The van der Waals surface area contributed by atoms with Crippen LogP contribution in [-0.4, -0.2) is 23.3 Å². The van der Waals surface area contributed by atoms with E-state index in [-0.39, 0.29) is 0 Å². The van der Waals surface area contributed by atoms with Crippen molar-refractivity contribution < 1.29 is 4.79 Å². The van der Waals surface area contributed by atoms with Gasteiger partial charge in [0.2, 0.25) is 0 Å². The van der Waals surface area contributed by atoms with Gasteiger partial charge in [-0.2, -0.15) is 0 Å². The predicted molar refractivity (Wildman–Crippen MR) is 107 cm³/mol. The zero-order chi connectivity index (χ0) is 17.9. The fourth-order valence-corrected chi connectivity index (χ4v) is 5.70. The van der Waals surface area contributed by atoms with E-state index in [1.807, 2.05) is 0 Å². The van der Waals surface area contributed by atoms with Crippen molar-refractivity contribution in [3.8, 4) is 0 Å². The Hall–Kier alpha value is -1.15. The van der Waals surface area contributed by atoms with Gasteiger partial charge in [-0.05, 0) is 48.8 Å². The van der Waals surface area contributed by atoms with Crippen LogP contribution >= 0.6 is 0 Å². The van der Waals surface area contributed by atoms with Gasteiger partial charge in [0.25, 0.3) is 0 Å². The minimum absolute atomic E-state index is 0.326. The molecule has 26 heavy (non-hydrogen) atoms. The molecule has 0 amide bonds. The SMILES string of the molecule is CCCCCCc1ccc2c(c1)C1CC(=O)C3CCCCCC3N1CC2. The molecule has 3 aliphatic rings. The fraction of sp³-hybridized carbons (Fsp3) is 0.708. The number of carbonyl (C=O) groups excluding carboxylic acids is 1. The number of hydrogen-bond donors (Lipinski definition) is 0. The van der Waals surface area contributed by atoms with Gasteiger partial charge in [0.1, 0.15) is 5.78 Å². The van der Waals surface area contributed by atoms with Crippen molar-refractivity contribution in [1.82, 2.24) is 4.90 Å². The molecule has 1 aliphatic carbocycles. The average molecular weight is 354 g/mol. The van der Waals surface area contributed by atoms with Gasteiger partial charge in [0.15, 0.2) is 0 Å². The zero-order valence-electron chi connectivity index (χ0n) is 16.5. The molecule has 2 heterocycles. The van der Waals surface area contributed by atoms with Crippen LogP contribution < -0.4 is 0 Å². The summed E-state index contributed by atoms with van der Waals surface area (Å²) >= 11 is 0. The molecule has 1 aromatic carbocycles. The maximum Gasteiger partial charge on any atom is 0.139 e. The molecule has 1 saturated heterocycles. The summed E-state index contributed by atoms with van der Waals surface area (Å²) in [6.45, 7) is 3.43. The van der Waals surface area contributed by atoms with Gasteiger partial charge in [-0.3, -0.25) is 9.69 Å². The van der Waals surface area contributed by atoms with Crippen LogP contribution in [0.5, 0.6) is 0 Å². The summed E-state index contributed by atoms with van der Waals surface area (Å²) in [4.78, 5) is 15.7. The number of benzene rings is 1. The molecular formula is C24H35NO. The largest absolute Gasteiger partial charge is 0.299 e. The third-order valence-corrected chi connectivity index (χ3v) is 7.14. The molecule has 2 aliphatic heterocycles. The lowest BCUT2D eigenvalue weighted by Gasteiger charge is -2.48. The van der Waals surface area contributed by atoms with Gasteiger partial charge in [-0.25, -0.2) is 0 Å². The minimum atomic E-state index is 0.326. The third kappa shape index (κ3) is 3.63. The lowest BCUT2D eigenvalue weighted by Crippen LogP contribution is -2.53. The van der Waals surface area contributed by atoms with Crippen molar-refractivity contribution in [2.45, 2.75) is 96.1 Å². The lowest BCUT2D eigenvalue weighted by molar-refractivity contribution is -0.132. The van der Waals surface area contributed by atoms with Crippen LogP contribution in [0.4, 0.5) is 0 Å². The number of carbonyl (C=O) groups is 1. The second kappa shape index (κ2) is 8.25. The Labute approximate surface area is 159 Å². The molecule has 4 rings (SSSR count). The van der Waals surface area contributed by atoms with E-state index in [9.17, 15) is 4.79 Å². The van der Waals surface area contributed by atoms with E-state index in [0.717, 1.165) is 19.4 Å². The first-order chi connectivity index (χ1) is 12.8. The third-order valence-electron chi connectivity index (χ3n) is 7.14. The fourth-order valence-electron chi connectivity index (χ4n) is 5.70. The molecule has 3 unspecified atom stereocenters. The van der Waals surface area contributed by atoms with E-state index in [4.69, 9.17) is 0 Å². The Morgan fingerprint density at radius 3 is 2.85 bits per heavy atom.